The third kappa shape index (κ3) is 3.97. The van der Waals surface area contributed by atoms with Gasteiger partial charge >= 0.3 is 0 Å². The summed E-state index contributed by atoms with van der Waals surface area (Å²) < 4.78 is 0. The van der Waals surface area contributed by atoms with Crippen LogP contribution in [0.4, 0.5) is 0 Å². The van der Waals surface area contributed by atoms with Crippen molar-refractivity contribution in [1.82, 2.24) is 0 Å². The number of rotatable bonds is 5. The Morgan fingerprint density at radius 2 is 1.76 bits per heavy atom. The van der Waals surface area contributed by atoms with E-state index < -0.39 is 5.60 Å². The van der Waals surface area contributed by atoms with Gasteiger partial charge < -0.3 is 5.11 Å². The van der Waals surface area contributed by atoms with Crippen molar-refractivity contribution in [2.24, 2.45) is 5.92 Å². The molecule has 0 saturated heterocycles. The lowest BCUT2D eigenvalue weighted by atomic mass is 9.82. The van der Waals surface area contributed by atoms with E-state index in [4.69, 9.17) is 0 Å². The van der Waals surface area contributed by atoms with Crippen LogP contribution in [0, 0.1) is 5.92 Å². The third-order valence-corrected chi connectivity index (χ3v) is 3.12. The molecule has 2 heteroatoms. The minimum absolute atomic E-state index is 0.0972. The molecule has 1 atom stereocenters. The molecule has 0 amide bonds. The summed E-state index contributed by atoms with van der Waals surface area (Å²) >= 11 is 0. The van der Waals surface area contributed by atoms with Gasteiger partial charge in [-0.2, -0.15) is 0 Å². The van der Waals surface area contributed by atoms with Gasteiger partial charge in [-0.3, -0.25) is 4.79 Å². The summed E-state index contributed by atoms with van der Waals surface area (Å²) in [4.78, 5) is 11.9. The highest BCUT2D eigenvalue weighted by atomic mass is 16.3. The zero-order chi connectivity index (χ0) is 13.1. The molecule has 1 aromatic rings. The van der Waals surface area contributed by atoms with E-state index in [1.807, 2.05) is 30.3 Å². The lowest BCUT2D eigenvalue weighted by molar-refractivity contribution is -0.134. The Morgan fingerprint density at radius 3 is 2.18 bits per heavy atom. The minimum Gasteiger partial charge on any atom is -0.383 e. The monoisotopic (exact) mass is 234 g/mol. The molecule has 0 aliphatic carbocycles. The third-order valence-electron chi connectivity index (χ3n) is 3.12. The summed E-state index contributed by atoms with van der Waals surface area (Å²) in [5, 5.41) is 9.71. The molecule has 2 nitrogen and oxygen atoms in total. The van der Waals surface area contributed by atoms with Gasteiger partial charge in [0.05, 0.1) is 0 Å². The van der Waals surface area contributed by atoms with Gasteiger partial charge in [-0.15, -0.1) is 0 Å². The van der Waals surface area contributed by atoms with Gasteiger partial charge in [0, 0.05) is 6.42 Å². The van der Waals surface area contributed by atoms with Crippen LogP contribution >= 0.6 is 0 Å². The molecule has 0 heterocycles. The first-order chi connectivity index (χ1) is 7.82. The van der Waals surface area contributed by atoms with Gasteiger partial charge in [-0.05, 0) is 31.2 Å². The first-order valence-electron chi connectivity index (χ1n) is 6.13. The topological polar surface area (TPSA) is 37.3 Å². The van der Waals surface area contributed by atoms with E-state index in [0.717, 1.165) is 0 Å². The summed E-state index contributed by atoms with van der Waals surface area (Å²) in [5.41, 5.74) is -0.0674. The van der Waals surface area contributed by atoms with Crippen molar-refractivity contribution < 1.29 is 9.90 Å². The van der Waals surface area contributed by atoms with Gasteiger partial charge in [-0.25, -0.2) is 0 Å². The van der Waals surface area contributed by atoms with Crippen LogP contribution in [0.15, 0.2) is 30.3 Å². The molecule has 0 saturated carbocycles. The predicted molar refractivity (Wildman–Crippen MR) is 69.9 cm³/mol. The van der Waals surface area contributed by atoms with Crippen LogP contribution in [-0.2, 0) is 4.79 Å². The molecule has 17 heavy (non-hydrogen) atoms. The summed E-state index contributed by atoms with van der Waals surface area (Å²) in [6, 6.07) is 10.0. The number of benzene rings is 1. The van der Waals surface area contributed by atoms with Crippen molar-refractivity contribution in [3.8, 4) is 0 Å². The molecular weight excluding hydrogens is 212 g/mol. The molecule has 1 rings (SSSR count). The first-order valence-corrected chi connectivity index (χ1v) is 6.13. The number of hydrogen-bond donors (Lipinski definition) is 1. The average Bonchev–Trinajstić information content (AvgIpc) is 2.25. The van der Waals surface area contributed by atoms with E-state index in [0.29, 0.717) is 12.3 Å². The highest BCUT2D eigenvalue weighted by Crippen LogP contribution is 2.29. The molecule has 0 aromatic heterocycles. The number of carbonyl (C=O) groups excluding carboxylic acids is 1. The van der Waals surface area contributed by atoms with Crippen molar-refractivity contribution in [1.29, 1.82) is 0 Å². The minimum atomic E-state index is -1.23. The maximum absolute atomic E-state index is 11.9. The number of hydrogen-bond acceptors (Lipinski definition) is 2. The second kappa shape index (κ2) is 5.46. The van der Waals surface area contributed by atoms with Crippen LogP contribution in [0.5, 0.6) is 0 Å². The fraction of sp³-hybridized carbons (Fsp3) is 0.533. The Balaban J connectivity index is 2.86. The Bertz CT molecular complexity index is 360. The first kappa shape index (κ1) is 13.9. The summed E-state index contributed by atoms with van der Waals surface area (Å²) in [5.74, 6) is 0.457. The maximum Gasteiger partial charge on any atom is 0.164 e. The number of aliphatic hydroxyl groups is 1. The molecule has 0 aliphatic heterocycles. The lowest BCUT2D eigenvalue weighted by Gasteiger charge is -2.24. The molecule has 1 aromatic carbocycles. The van der Waals surface area contributed by atoms with Crippen molar-refractivity contribution in [2.75, 3.05) is 0 Å². The normalized spacial score (nSPS) is 13.8. The van der Waals surface area contributed by atoms with E-state index in [1.165, 1.54) is 5.56 Å². The Morgan fingerprint density at radius 1 is 1.24 bits per heavy atom. The number of ketones is 1. The standard InChI is InChI=1S/C15H22O2/c1-11(2)13(10-14(16)15(3,4)17)12-8-6-5-7-9-12/h5-9,11,13,17H,10H2,1-4H3. The molecule has 0 aliphatic rings. The Kier molecular flexibility index (Phi) is 4.47. The van der Waals surface area contributed by atoms with Gasteiger partial charge in [0.2, 0.25) is 0 Å². The molecule has 0 bridgehead atoms. The van der Waals surface area contributed by atoms with Crippen LogP contribution in [-0.4, -0.2) is 16.5 Å². The van der Waals surface area contributed by atoms with Crippen molar-refractivity contribution in [3.05, 3.63) is 35.9 Å². The highest BCUT2D eigenvalue weighted by molar-refractivity contribution is 5.86. The SMILES string of the molecule is CC(C)C(CC(=O)C(C)(C)O)c1ccccc1. The number of Topliss-reactive ketones (excluding diaryl/α,β-unsaturated/α-hetero) is 1. The van der Waals surface area contributed by atoms with Crippen LogP contribution in [0.1, 0.15) is 45.6 Å². The molecule has 1 N–H and O–H groups in total. The molecule has 0 spiro atoms. The van der Waals surface area contributed by atoms with E-state index in [-0.39, 0.29) is 11.7 Å². The molecular formula is C15H22O2. The predicted octanol–water partition coefficient (Wildman–Crippen LogP) is 3.16. The number of carbonyl (C=O) groups is 1. The van der Waals surface area contributed by atoms with Crippen molar-refractivity contribution in [2.45, 2.75) is 45.6 Å². The van der Waals surface area contributed by atoms with Crippen LogP contribution in [0.25, 0.3) is 0 Å². The maximum atomic E-state index is 11.9. The van der Waals surface area contributed by atoms with Crippen LogP contribution < -0.4 is 0 Å². The second-order valence-electron chi connectivity index (χ2n) is 5.45. The second-order valence-corrected chi connectivity index (χ2v) is 5.45. The quantitative estimate of drug-likeness (QED) is 0.849. The fourth-order valence-electron chi connectivity index (χ4n) is 1.89. The van der Waals surface area contributed by atoms with Gasteiger partial charge in [0.1, 0.15) is 5.60 Å². The summed E-state index contributed by atoms with van der Waals surface area (Å²) in [6.07, 6.45) is 0.394. The Labute approximate surface area is 104 Å². The van der Waals surface area contributed by atoms with Crippen molar-refractivity contribution >= 4 is 5.78 Å². The highest BCUT2D eigenvalue weighted by Gasteiger charge is 2.28. The largest absolute Gasteiger partial charge is 0.383 e. The van der Waals surface area contributed by atoms with Gasteiger partial charge in [-0.1, -0.05) is 44.2 Å². The van der Waals surface area contributed by atoms with Crippen LogP contribution in [0.2, 0.25) is 0 Å². The van der Waals surface area contributed by atoms with Gasteiger partial charge in [0.25, 0.3) is 0 Å². The van der Waals surface area contributed by atoms with E-state index in [9.17, 15) is 9.90 Å². The lowest BCUT2D eigenvalue weighted by Crippen LogP contribution is -2.33. The fourth-order valence-corrected chi connectivity index (χ4v) is 1.89. The smallest absolute Gasteiger partial charge is 0.164 e. The molecule has 0 fully saturated rings. The van der Waals surface area contributed by atoms with E-state index >= 15 is 0 Å². The summed E-state index contributed by atoms with van der Waals surface area (Å²) in [6.45, 7) is 7.32. The Hall–Kier alpha value is -1.15. The van der Waals surface area contributed by atoms with Crippen LogP contribution in [0.3, 0.4) is 0 Å². The average molecular weight is 234 g/mol. The molecule has 0 radical (unpaired) electrons. The summed E-state index contributed by atoms with van der Waals surface area (Å²) in [7, 11) is 0. The van der Waals surface area contributed by atoms with E-state index in [1.54, 1.807) is 13.8 Å². The van der Waals surface area contributed by atoms with Crippen molar-refractivity contribution in [3.63, 3.8) is 0 Å². The zero-order valence-electron chi connectivity index (χ0n) is 11.1. The zero-order valence-corrected chi connectivity index (χ0v) is 11.1. The van der Waals surface area contributed by atoms with E-state index in [2.05, 4.69) is 13.8 Å². The van der Waals surface area contributed by atoms with Gasteiger partial charge in [0.15, 0.2) is 5.78 Å². The molecule has 94 valence electrons. The molecule has 1 unspecified atom stereocenters.